The Morgan fingerprint density at radius 2 is 1.82 bits per heavy atom. The van der Waals surface area contributed by atoms with Crippen molar-refractivity contribution in [2.75, 3.05) is 17.0 Å². The van der Waals surface area contributed by atoms with Gasteiger partial charge in [-0.3, -0.25) is 4.72 Å². The summed E-state index contributed by atoms with van der Waals surface area (Å²) < 4.78 is 27.0. The van der Waals surface area contributed by atoms with Crippen molar-refractivity contribution in [1.82, 2.24) is 0 Å². The van der Waals surface area contributed by atoms with Gasteiger partial charge in [-0.15, -0.1) is 0 Å². The topological polar surface area (TPSA) is 72.2 Å². The molecule has 0 aliphatic rings. The zero-order valence-corrected chi connectivity index (χ0v) is 13.5. The minimum Gasteiger partial charge on any atom is -0.330 e. The second kappa shape index (κ2) is 6.38. The minimum absolute atomic E-state index is 0.00892. The van der Waals surface area contributed by atoms with Gasteiger partial charge in [-0.2, -0.15) is 0 Å². The first-order valence-corrected chi connectivity index (χ1v) is 8.32. The summed E-state index contributed by atoms with van der Waals surface area (Å²) in [6.45, 7) is 0.337. The van der Waals surface area contributed by atoms with Crippen LogP contribution in [-0.2, 0) is 10.0 Å². The third-order valence-corrected chi connectivity index (χ3v) is 4.69. The van der Waals surface area contributed by atoms with Gasteiger partial charge in [0.2, 0.25) is 10.0 Å². The van der Waals surface area contributed by atoms with Gasteiger partial charge in [0.15, 0.2) is 0 Å². The molecule has 0 aliphatic carbocycles. The normalized spacial score (nSPS) is 11.5. The van der Waals surface area contributed by atoms with Crippen molar-refractivity contribution in [1.29, 1.82) is 0 Å². The monoisotopic (exact) mass is 404 g/mol. The highest BCUT2D eigenvalue weighted by atomic mass is 79.9. The number of nitrogens with two attached hydrogens (primary N) is 1. The molecule has 4 nitrogen and oxygen atoms in total. The van der Waals surface area contributed by atoms with Crippen LogP contribution in [0.15, 0.2) is 21.1 Å². The lowest BCUT2D eigenvalue weighted by atomic mass is 10.3. The van der Waals surface area contributed by atoms with Crippen molar-refractivity contribution in [2.45, 2.75) is 6.42 Å². The Morgan fingerprint density at radius 1 is 1.29 bits per heavy atom. The van der Waals surface area contributed by atoms with Crippen molar-refractivity contribution in [3.8, 4) is 0 Å². The van der Waals surface area contributed by atoms with Gasteiger partial charge in [-0.25, -0.2) is 8.42 Å². The Bertz CT molecular complexity index is 485. The first-order valence-electron chi connectivity index (χ1n) is 4.71. The van der Waals surface area contributed by atoms with Crippen LogP contribution in [0.25, 0.3) is 0 Å². The first-order chi connectivity index (χ1) is 7.85. The number of anilines is 1. The fraction of sp³-hybridized carbons (Fsp3) is 0.333. The molecule has 0 bridgehead atoms. The molecule has 0 amide bonds. The summed E-state index contributed by atoms with van der Waals surface area (Å²) >= 11 is 12.3. The molecule has 96 valence electrons. The van der Waals surface area contributed by atoms with Crippen LogP contribution in [0.5, 0.6) is 0 Å². The number of halogens is 3. The van der Waals surface area contributed by atoms with E-state index in [1.54, 1.807) is 12.1 Å². The molecular formula is C9H11Br2ClN2O2S. The van der Waals surface area contributed by atoms with Crippen LogP contribution in [0.2, 0.25) is 5.02 Å². The highest BCUT2D eigenvalue weighted by Gasteiger charge is 2.14. The summed E-state index contributed by atoms with van der Waals surface area (Å²) in [5.41, 5.74) is 5.72. The van der Waals surface area contributed by atoms with E-state index in [1.807, 2.05) is 0 Å². The van der Waals surface area contributed by atoms with Crippen molar-refractivity contribution in [3.63, 3.8) is 0 Å². The summed E-state index contributed by atoms with van der Waals surface area (Å²) in [7, 11) is -3.39. The maximum Gasteiger partial charge on any atom is 0.232 e. The smallest absolute Gasteiger partial charge is 0.232 e. The van der Waals surface area contributed by atoms with E-state index in [0.717, 1.165) is 0 Å². The first kappa shape index (κ1) is 15.2. The zero-order valence-electron chi connectivity index (χ0n) is 8.71. The van der Waals surface area contributed by atoms with Gasteiger partial charge >= 0.3 is 0 Å². The maximum atomic E-state index is 11.7. The number of sulfonamides is 1. The average molecular weight is 407 g/mol. The molecule has 1 rings (SSSR count). The SMILES string of the molecule is NCCCS(=O)(=O)Nc1c(Br)cc(Cl)cc1Br. The summed E-state index contributed by atoms with van der Waals surface area (Å²) in [6, 6.07) is 3.24. The molecule has 0 unspecified atom stereocenters. The van der Waals surface area contributed by atoms with E-state index in [2.05, 4.69) is 36.6 Å². The van der Waals surface area contributed by atoms with E-state index in [-0.39, 0.29) is 5.75 Å². The Hall–Kier alpha value is 0.180. The standard InChI is InChI=1S/C9H11Br2ClN2O2S/c10-7-4-6(12)5-8(11)9(7)14-17(15,16)3-1-2-13/h4-5,14H,1-3,13H2. The van der Waals surface area contributed by atoms with Crippen molar-refractivity contribution in [3.05, 3.63) is 26.1 Å². The largest absolute Gasteiger partial charge is 0.330 e. The van der Waals surface area contributed by atoms with Gasteiger partial charge in [-0.05, 0) is 57.0 Å². The zero-order chi connectivity index (χ0) is 13.1. The fourth-order valence-electron chi connectivity index (χ4n) is 1.12. The lowest BCUT2D eigenvalue weighted by molar-refractivity contribution is 0.598. The minimum atomic E-state index is -3.39. The van der Waals surface area contributed by atoms with E-state index in [1.165, 1.54) is 0 Å². The third kappa shape index (κ3) is 4.75. The Kier molecular flexibility index (Phi) is 5.72. The van der Waals surface area contributed by atoms with Gasteiger partial charge in [0, 0.05) is 14.0 Å². The van der Waals surface area contributed by atoms with Gasteiger partial charge in [0.25, 0.3) is 0 Å². The van der Waals surface area contributed by atoms with Crippen LogP contribution in [-0.4, -0.2) is 20.7 Å². The number of nitrogens with one attached hydrogen (secondary N) is 1. The molecule has 0 atom stereocenters. The molecule has 0 aliphatic heterocycles. The molecule has 0 heterocycles. The van der Waals surface area contributed by atoms with Crippen molar-refractivity contribution in [2.24, 2.45) is 5.73 Å². The third-order valence-electron chi connectivity index (χ3n) is 1.88. The predicted molar refractivity (Wildman–Crippen MR) is 77.9 cm³/mol. The summed E-state index contributed by atoms with van der Waals surface area (Å²) in [5, 5.41) is 0.508. The fourth-order valence-corrected chi connectivity index (χ4v) is 4.43. The molecule has 0 fully saturated rings. The Labute approximate surface area is 122 Å². The number of rotatable bonds is 5. The van der Waals surface area contributed by atoms with Crippen LogP contribution in [0, 0.1) is 0 Å². The highest BCUT2D eigenvalue weighted by molar-refractivity contribution is 9.11. The molecule has 0 saturated heterocycles. The molecule has 0 radical (unpaired) electrons. The molecule has 0 saturated carbocycles. The average Bonchev–Trinajstić information content (AvgIpc) is 2.21. The molecule has 1 aromatic carbocycles. The summed E-state index contributed by atoms with van der Waals surface area (Å²) in [6.07, 6.45) is 0.415. The predicted octanol–water partition coefficient (Wildman–Crippen LogP) is 2.96. The van der Waals surface area contributed by atoms with Crippen molar-refractivity contribution >= 4 is 59.2 Å². The van der Waals surface area contributed by atoms with Crippen LogP contribution in [0.4, 0.5) is 5.69 Å². The van der Waals surface area contributed by atoms with E-state index in [0.29, 0.717) is 32.6 Å². The van der Waals surface area contributed by atoms with Crippen molar-refractivity contribution < 1.29 is 8.42 Å². The van der Waals surface area contributed by atoms with E-state index in [4.69, 9.17) is 17.3 Å². The number of hydrogen-bond acceptors (Lipinski definition) is 3. The summed E-state index contributed by atoms with van der Waals surface area (Å²) in [4.78, 5) is 0. The van der Waals surface area contributed by atoms with Gasteiger partial charge in [0.05, 0.1) is 11.4 Å². The molecule has 0 spiro atoms. The van der Waals surface area contributed by atoms with Crippen LogP contribution >= 0.6 is 43.5 Å². The molecule has 3 N–H and O–H groups in total. The quantitative estimate of drug-likeness (QED) is 0.790. The maximum absolute atomic E-state index is 11.7. The molecular weight excluding hydrogens is 395 g/mol. The molecule has 1 aromatic rings. The van der Waals surface area contributed by atoms with Crippen LogP contribution in [0.3, 0.4) is 0 Å². The molecule has 0 aromatic heterocycles. The number of benzene rings is 1. The molecule has 8 heteroatoms. The highest BCUT2D eigenvalue weighted by Crippen LogP contribution is 2.34. The van der Waals surface area contributed by atoms with E-state index < -0.39 is 10.0 Å². The van der Waals surface area contributed by atoms with Crippen LogP contribution < -0.4 is 10.5 Å². The van der Waals surface area contributed by atoms with Gasteiger partial charge in [0.1, 0.15) is 0 Å². The van der Waals surface area contributed by atoms with E-state index >= 15 is 0 Å². The second-order valence-corrected chi connectivity index (χ2v) is 7.29. The summed E-state index contributed by atoms with van der Waals surface area (Å²) in [5.74, 6) is -0.00892. The Morgan fingerprint density at radius 3 is 2.29 bits per heavy atom. The van der Waals surface area contributed by atoms with Gasteiger partial charge < -0.3 is 5.73 Å². The lowest BCUT2D eigenvalue weighted by Gasteiger charge is -2.11. The Balaban J connectivity index is 2.96. The van der Waals surface area contributed by atoms with Crippen LogP contribution in [0.1, 0.15) is 6.42 Å². The second-order valence-electron chi connectivity index (χ2n) is 3.31. The van der Waals surface area contributed by atoms with E-state index in [9.17, 15) is 8.42 Å². The number of hydrogen-bond donors (Lipinski definition) is 2. The van der Waals surface area contributed by atoms with Gasteiger partial charge in [-0.1, -0.05) is 11.6 Å². The molecule has 17 heavy (non-hydrogen) atoms. The lowest BCUT2D eigenvalue weighted by Crippen LogP contribution is -2.19.